The topological polar surface area (TPSA) is 89.4 Å². The minimum Gasteiger partial charge on any atom is -0.448 e. The van der Waals surface area contributed by atoms with Crippen LogP contribution in [0.5, 0.6) is 0 Å². The number of aryl methyl sites for hydroxylation is 1. The van der Waals surface area contributed by atoms with Crippen LogP contribution in [0.3, 0.4) is 0 Å². The lowest BCUT2D eigenvalue weighted by molar-refractivity contribution is -0.127. The summed E-state index contributed by atoms with van der Waals surface area (Å²) in [7, 11) is 1.70. The van der Waals surface area contributed by atoms with Crippen LogP contribution in [0.1, 0.15) is 43.1 Å². The van der Waals surface area contributed by atoms with E-state index in [4.69, 9.17) is 4.74 Å². The van der Waals surface area contributed by atoms with E-state index >= 15 is 0 Å². The van der Waals surface area contributed by atoms with Crippen molar-refractivity contribution >= 4 is 17.9 Å². The summed E-state index contributed by atoms with van der Waals surface area (Å²) in [6.45, 7) is 1.43. The van der Waals surface area contributed by atoms with E-state index in [0.29, 0.717) is 5.69 Å². The van der Waals surface area contributed by atoms with Crippen molar-refractivity contribution in [2.75, 3.05) is 0 Å². The quantitative estimate of drug-likeness (QED) is 0.821. The Kier molecular flexibility index (Phi) is 5.19. The molecule has 1 aliphatic carbocycles. The molecule has 0 aliphatic heterocycles. The molecule has 1 aromatic heterocycles. The lowest BCUT2D eigenvalue weighted by Crippen LogP contribution is -2.47. The van der Waals surface area contributed by atoms with Gasteiger partial charge in [0.05, 0.1) is 0 Å². The number of esters is 1. The largest absolute Gasteiger partial charge is 0.448 e. The first-order chi connectivity index (χ1) is 10.5. The molecule has 1 aliphatic rings. The minimum atomic E-state index is -1.04. The lowest BCUT2D eigenvalue weighted by atomic mass is 10.2. The fourth-order valence-corrected chi connectivity index (χ4v) is 2.45. The Morgan fingerprint density at radius 3 is 2.59 bits per heavy atom. The second kappa shape index (κ2) is 7.11. The lowest BCUT2D eigenvalue weighted by Gasteiger charge is -2.15. The van der Waals surface area contributed by atoms with Crippen LogP contribution in [0.25, 0.3) is 0 Å². The molecule has 0 unspecified atom stereocenters. The Bertz CT molecular complexity index is 561. The Labute approximate surface area is 129 Å². The standard InChI is InChI=1S/C15H21N3O4/c1-10(22-14(20)12-8-5-9-18(12)2)13(19)17-15(21)16-11-6-3-4-7-11/h5,8-11H,3-4,6-7H2,1-2H3,(H2,16,17,19,21)/t10-/m1/s1. The third kappa shape index (κ3) is 4.09. The highest BCUT2D eigenvalue weighted by molar-refractivity contribution is 5.98. The van der Waals surface area contributed by atoms with E-state index < -0.39 is 24.0 Å². The highest BCUT2D eigenvalue weighted by atomic mass is 16.5. The second-order valence-electron chi connectivity index (χ2n) is 5.50. The molecule has 0 aromatic carbocycles. The van der Waals surface area contributed by atoms with Gasteiger partial charge >= 0.3 is 12.0 Å². The van der Waals surface area contributed by atoms with Gasteiger partial charge in [0.2, 0.25) is 0 Å². The zero-order chi connectivity index (χ0) is 16.1. The van der Waals surface area contributed by atoms with Crippen LogP contribution in [-0.2, 0) is 16.6 Å². The van der Waals surface area contributed by atoms with Gasteiger partial charge in [-0.3, -0.25) is 10.1 Å². The molecule has 1 atom stereocenters. The summed E-state index contributed by atoms with van der Waals surface area (Å²) in [6, 6.07) is 2.88. The van der Waals surface area contributed by atoms with Gasteiger partial charge in [-0.2, -0.15) is 0 Å². The second-order valence-corrected chi connectivity index (χ2v) is 5.50. The van der Waals surface area contributed by atoms with Crippen molar-refractivity contribution in [3.8, 4) is 0 Å². The smallest absolute Gasteiger partial charge is 0.355 e. The molecule has 0 spiro atoms. The van der Waals surface area contributed by atoms with Crippen molar-refractivity contribution in [2.45, 2.75) is 44.8 Å². The molecule has 1 saturated carbocycles. The highest BCUT2D eigenvalue weighted by Crippen LogP contribution is 2.17. The van der Waals surface area contributed by atoms with Gasteiger partial charge in [0, 0.05) is 19.3 Å². The van der Waals surface area contributed by atoms with Crippen LogP contribution in [0, 0.1) is 0 Å². The highest BCUT2D eigenvalue weighted by Gasteiger charge is 2.23. The summed E-state index contributed by atoms with van der Waals surface area (Å²) in [5.41, 5.74) is 0.343. The molecule has 1 heterocycles. The molecule has 120 valence electrons. The van der Waals surface area contributed by atoms with Gasteiger partial charge in [-0.15, -0.1) is 0 Å². The number of hydrogen-bond donors (Lipinski definition) is 2. The summed E-state index contributed by atoms with van der Waals surface area (Å²) in [5, 5.41) is 4.94. The number of carbonyl (C=O) groups is 3. The number of nitrogens with zero attached hydrogens (tertiary/aromatic N) is 1. The molecule has 0 saturated heterocycles. The molecule has 1 aromatic rings. The Hall–Kier alpha value is -2.31. The molecule has 3 amide bonds. The van der Waals surface area contributed by atoms with Crippen molar-refractivity contribution in [2.24, 2.45) is 7.05 Å². The van der Waals surface area contributed by atoms with Gasteiger partial charge in [0.25, 0.3) is 5.91 Å². The number of carbonyl (C=O) groups excluding carboxylic acids is 3. The van der Waals surface area contributed by atoms with Crippen molar-refractivity contribution in [3.63, 3.8) is 0 Å². The molecule has 0 radical (unpaired) electrons. The Balaban J connectivity index is 1.80. The molecule has 22 heavy (non-hydrogen) atoms. The number of hydrogen-bond acceptors (Lipinski definition) is 4. The normalized spacial score (nSPS) is 16.1. The molecule has 7 nitrogen and oxygen atoms in total. The van der Waals surface area contributed by atoms with Crippen LogP contribution in [0.2, 0.25) is 0 Å². The van der Waals surface area contributed by atoms with E-state index in [0.717, 1.165) is 25.7 Å². The average Bonchev–Trinajstić information content (AvgIpc) is 3.09. The average molecular weight is 307 g/mol. The van der Waals surface area contributed by atoms with Gasteiger partial charge in [-0.25, -0.2) is 9.59 Å². The maximum Gasteiger partial charge on any atom is 0.355 e. The number of nitrogens with one attached hydrogen (secondary N) is 2. The third-order valence-corrected chi connectivity index (χ3v) is 3.73. The maximum atomic E-state index is 11.9. The first-order valence-corrected chi connectivity index (χ1v) is 7.41. The van der Waals surface area contributed by atoms with Gasteiger partial charge in [0.15, 0.2) is 6.10 Å². The number of ether oxygens (including phenoxy) is 1. The number of amides is 3. The number of aromatic nitrogens is 1. The van der Waals surface area contributed by atoms with Crippen LogP contribution in [0.4, 0.5) is 4.79 Å². The summed E-state index contributed by atoms with van der Waals surface area (Å²) < 4.78 is 6.65. The molecular formula is C15H21N3O4. The van der Waals surface area contributed by atoms with Crippen LogP contribution >= 0.6 is 0 Å². The third-order valence-electron chi connectivity index (χ3n) is 3.73. The molecule has 7 heteroatoms. The van der Waals surface area contributed by atoms with E-state index in [1.54, 1.807) is 29.9 Å². The van der Waals surface area contributed by atoms with Crippen molar-refractivity contribution < 1.29 is 19.1 Å². The Morgan fingerprint density at radius 2 is 2.00 bits per heavy atom. The minimum absolute atomic E-state index is 0.119. The predicted molar refractivity (Wildman–Crippen MR) is 79.2 cm³/mol. The van der Waals surface area contributed by atoms with Crippen molar-refractivity contribution in [1.82, 2.24) is 15.2 Å². The molecule has 2 rings (SSSR count). The zero-order valence-electron chi connectivity index (χ0n) is 12.8. The van der Waals surface area contributed by atoms with E-state index in [1.165, 1.54) is 6.92 Å². The first-order valence-electron chi connectivity index (χ1n) is 7.41. The summed E-state index contributed by atoms with van der Waals surface area (Å²) >= 11 is 0. The number of urea groups is 1. The molecular weight excluding hydrogens is 286 g/mol. The predicted octanol–water partition coefficient (Wildman–Crippen LogP) is 1.34. The zero-order valence-corrected chi connectivity index (χ0v) is 12.8. The molecule has 0 bridgehead atoms. The number of imide groups is 1. The van der Waals surface area contributed by atoms with E-state index in [9.17, 15) is 14.4 Å². The Morgan fingerprint density at radius 1 is 1.32 bits per heavy atom. The summed E-state index contributed by atoms with van der Waals surface area (Å²) in [6.07, 6.45) is 4.69. The first kappa shape index (κ1) is 16.1. The van der Waals surface area contributed by atoms with Gasteiger partial charge in [0.1, 0.15) is 5.69 Å². The van der Waals surface area contributed by atoms with E-state index in [2.05, 4.69) is 10.6 Å². The van der Waals surface area contributed by atoms with Gasteiger partial charge in [-0.05, 0) is 31.9 Å². The van der Waals surface area contributed by atoms with Gasteiger partial charge in [-0.1, -0.05) is 12.8 Å². The number of rotatable bonds is 4. The fraction of sp³-hybridized carbons (Fsp3) is 0.533. The van der Waals surface area contributed by atoms with Crippen LogP contribution in [0.15, 0.2) is 18.3 Å². The molecule has 1 fully saturated rings. The monoisotopic (exact) mass is 307 g/mol. The van der Waals surface area contributed by atoms with Gasteiger partial charge < -0.3 is 14.6 Å². The SMILES string of the molecule is C[C@@H](OC(=O)c1cccn1C)C(=O)NC(=O)NC1CCCC1. The van der Waals surface area contributed by atoms with E-state index in [-0.39, 0.29) is 6.04 Å². The summed E-state index contributed by atoms with van der Waals surface area (Å²) in [5.74, 6) is -1.25. The van der Waals surface area contributed by atoms with Crippen molar-refractivity contribution in [3.05, 3.63) is 24.0 Å². The summed E-state index contributed by atoms with van der Waals surface area (Å²) in [4.78, 5) is 35.4. The van der Waals surface area contributed by atoms with Crippen molar-refractivity contribution in [1.29, 1.82) is 0 Å². The molecule has 2 N–H and O–H groups in total. The van der Waals surface area contributed by atoms with Crippen LogP contribution in [-0.4, -0.2) is 34.6 Å². The fourth-order valence-electron chi connectivity index (χ4n) is 2.45. The maximum absolute atomic E-state index is 11.9. The van der Waals surface area contributed by atoms with E-state index in [1.807, 2.05) is 0 Å². The van der Waals surface area contributed by atoms with Crippen LogP contribution < -0.4 is 10.6 Å².